The van der Waals surface area contributed by atoms with E-state index in [-0.39, 0.29) is 5.97 Å². The summed E-state index contributed by atoms with van der Waals surface area (Å²) in [6.07, 6.45) is 78.3. The van der Waals surface area contributed by atoms with Gasteiger partial charge >= 0.3 is 5.97 Å². The number of unbranched alkanes of at least 4 members (excludes halogenated alkanes) is 49. The lowest BCUT2D eigenvalue weighted by molar-refractivity contribution is -0.143. The van der Waals surface area contributed by atoms with Crippen LogP contribution in [-0.2, 0) is 9.53 Å². The summed E-state index contributed by atoms with van der Waals surface area (Å²) in [4.78, 5) is 12.1. The topological polar surface area (TPSA) is 26.3 Å². The second-order valence-corrected chi connectivity index (χ2v) is 20.0. The Hall–Kier alpha value is -0.790. The number of hydrogen-bond acceptors (Lipinski definition) is 2. The number of carbonyl (C=O) groups is 1. The van der Waals surface area contributed by atoms with Crippen LogP contribution in [0, 0.1) is 0 Å². The van der Waals surface area contributed by atoms with Crippen LogP contribution in [0.25, 0.3) is 0 Å². The van der Waals surface area contributed by atoms with Gasteiger partial charge in [0.15, 0.2) is 0 Å². The second kappa shape index (κ2) is 57.2. The van der Waals surface area contributed by atoms with E-state index >= 15 is 0 Å². The summed E-state index contributed by atoms with van der Waals surface area (Å²) < 4.78 is 5.51. The smallest absolute Gasteiger partial charge is 0.305 e. The number of rotatable bonds is 55. The SMILES string of the molecule is CCCCCCCC/C=C\CCCCCCCCCCCCOC(=O)CCCCCCCCCCCCCCCCCCCCCCCCCCCCCCCCCCCC. The first-order chi connectivity index (χ1) is 30.3. The Balaban J connectivity index is 3.15. The molecular weight excluding hydrogens is 741 g/mol. The number of ether oxygens (including phenoxy) is 1. The van der Waals surface area contributed by atoms with Gasteiger partial charge in [-0.05, 0) is 38.5 Å². The lowest BCUT2D eigenvalue weighted by Crippen LogP contribution is -2.05. The van der Waals surface area contributed by atoms with E-state index in [0.717, 1.165) is 12.8 Å². The Labute approximate surface area is 386 Å². The lowest BCUT2D eigenvalue weighted by Gasteiger charge is -2.06. The van der Waals surface area contributed by atoms with E-state index in [2.05, 4.69) is 26.0 Å². The van der Waals surface area contributed by atoms with E-state index in [1.54, 1.807) is 0 Å². The van der Waals surface area contributed by atoms with E-state index in [9.17, 15) is 4.79 Å². The predicted molar refractivity (Wildman–Crippen MR) is 276 cm³/mol. The molecule has 0 unspecified atom stereocenters. The van der Waals surface area contributed by atoms with E-state index in [1.165, 1.54) is 321 Å². The number of carbonyl (C=O) groups excluding carboxylic acids is 1. The normalized spacial score (nSPS) is 11.7. The molecule has 0 atom stereocenters. The number of esters is 1. The van der Waals surface area contributed by atoms with Crippen molar-refractivity contribution in [3.63, 3.8) is 0 Å². The molecule has 0 radical (unpaired) electrons. The van der Waals surface area contributed by atoms with Crippen molar-refractivity contribution in [3.05, 3.63) is 12.2 Å². The molecule has 364 valence electrons. The molecule has 0 fully saturated rings. The molecule has 2 nitrogen and oxygen atoms in total. The zero-order valence-electron chi connectivity index (χ0n) is 42.7. The molecule has 0 aromatic heterocycles. The van der Waals surface area contributed by atoms with Gasteiger partial charge in [0, 0.05) is 6.42 Å². The zero-order valence-corrected chi connectivity index (χ0v) is 42.7. The molecule has 0 aliphatic heterocycles. The maximum absolute atomic E-state index is 12.1. The Morgan fingerprint density at radius 1 is 0.262 bits per heavy atom. The molecule has 0 aromatic carbocycles. The molecule has 0 aromatic rings. The molecule has 0 saturated carbocycles. The Kier molecular flexibility index (Phi) is 56.5. The van der Waals surface area contributed by atoms with Crippen LogP contribution in [0.15, 0.2) is 12.2 Å². The minimum atomic E-state index is 0.0317. The third kappa shape index (κ3) is 57.2. The third-order valence-electron chi connectivity index (χ3n) is 13.7. The molecule has 0 saturated heterocycles. The van der Waals surface area contributed by atoms with E-state index in [0.29, 0.717) is 13.0 Å². The van der Waals surface area contributed by atoms with Crippen molar-refractivity contribution >= 4 is 5.97 Å². The zero-order chi connectivity index (χ0) is 43.9. The summed E-state index contributed by atoms with van der Waals surface area (Å²) in [6, 6.07) is 0. The number of hydrogen-bond donors (Lipinski definition) is 0. The highest BCUT2D eigenvalue weighted by molar-refractivity contribution is 5.69. The van der Waals surface area contributed by atoms with Gasteiger partial charge < -0.3 is 4.74 Å². The van der Waals surface area contributed by atoms with E-state index < -0.39 is 0 Å². The Morgan fingerprint density at radius 3 is 0.705 bits per heavy atom. The predicted octanol–water partition coefficient (Wildman–Crippen LogP) is 21.8. The molecule has 0 N–H and O–H groups in total. The standard InChI is InChI=1S/C59H116O2/c1-3-5-7-9-11-13-15-17-19-21-23-25-26-27-28-29-30-31-32-33-34-35-36-37-38-39-41-43-45-47-49-51-53-55-57-59(60)61-58-56-54-52-50-48-46-44-42-40-24-22-20-18-16-14-12-10-8-6-4-2/h18,20H,3-17,19,21-58H2,1-2H3/b20-18-. The highest BCUT2D eigenvalue weighted by Gasteiger charge is 2.03. The molecule has 0 spiro atoms. The molecule has 0 aliphatic carbocycles. The first-order valence-electron chi connectivity index (χ1n) is 29.1. The van der Waals surface area contributed by atoms with Crippen LogP contribution in [-0.4, -0.2) is 12.6 Å². The van der Waals surface area contributed by atoms with Crippen molar-refractivity contribution in [3.8, 4) is 0 Å². The minimum Gasteiger partial charge on any atom is -0.466 e. The molecular formula is C59H116O2. The number of allylic oxidation sites excluding steroid dienone is 2. The van der Waals surface area contributed by atoms with Crippen LogP contribution in [0.5, 0.6) is 0 Å². The third-order valence-corrected chi connectivity index (χ3v) is 13.7. The van der Waals surface area contributed by atoms with Crippen LogP contribution in [0.1, 0.15) is 354 Å². The summed E-state index contributed by atoms with van der Waals surface area (Å²) in [5, 5.41) is 0. The van der Waals surface area contributed by atoms with Gasteiger partial charge in [0.05, 0.1) is 6.61 Å². The van der Waals surface area contributed by atoms with Crippen molar-refractivity contribution in [2.24, 2.45) is 0 Å². The monoisotopic (exact) mass is 857 g/mol. The van der Waals surface area contributed by atoms with Gasteiger partial charge in [-0.3, -0.25) is 4.79 Å². The summed E-state index contributed by atoms with van der Waals surface area (Å²) >= 11 is 0. The average molecular weight is 858 g/mol. The molecule has 0 amide bonds. The molecule has 61 heavy (non-hydrogen) atoms. The first kappa shape index (κ1) is 60.2. The fourth-order valence-electron chi connectivity index (χ4n) is 9.31. The van der Waals surface area contributed by atoms with Gasteiger partial charge in [-0.1, -0.05) is 321 Å². The molecule has 0 bridgehead atoms. The van der Waals surface area contributed by atoms with Crippen molar-refractivity contribution in [1.29, 1.82) is 0 Å². The Morgan fingerprint density at radius 2 is 0.459 bits per heavy atom. The van der Waals surface area contributed by atoms with Crippen molar-refractivity contribution in [2.75, 3.05) is 6.61 Å². The van der Waals surface area contributed by atoms with Gasteiger partial charge in [-0.15, -0.1) is 0 Å². The van der Waals surface area contributed by atoms with Gasteiger partial charge in [0.1, 0.15) is 0 Å². The van der Waals surface area contributed by atoms with Crippen LogP contribution in [0.3, 0.4) is 0 Å². The van der Waals surface area contributed by atoms with Gasteiger partial charge in [-0.25, -0.2) is 0 Å². The largest absolute Gasteiger partial charge is 0.466 e. The van der Waals surface area contributed by atoms with Crippen molar-refractivity contribution < 1.29 is 9.53 Å². The maximum atomic E-state index is 12.1. The lowest BCUT2D eigenvalue weighted by atomic mass is 10.0. The van der Waals surface area contributed by atoms with Crippen LogP contribution >= 0.6 is 0 Å². The van der Waals surface area contributed by atoms with Crippen molar-refractivity contribution in [1.82, 2.24) is 0 Å². The van der Waals surface area contributed by atoms with Gasteiger partial charge in [0.25, 0.3) is 0 Å². The fourth-order valence-corrected chi connectivity index (χ4v) is 9.31. The molecule has 0 rings (SSSR count). The molecule has 0 heterocycles. The van der Waals surface area contributed by atoms with E-state index in [4.69, 9.17) is 4.74 Å². The van der Waals surface area contributed by atoms with Crippen LogP contribution in [0.4, 0.5) is 0 Å². The molecule has 0 aliphatic rings. The maximum Gasteiger partial charge on any atom is 0.305 e. The van der Waals surface area contributed by atoms with Gasteiger partial charge in [-0.2, -0.15) is 0 Å². The summed E-state index contributed by atoms with van der Waals surface area (Å²) in [6.45, 7) is 5.23. The van der Waals surface area contributed by atoms with Crippen LogP contribution < -0.4 is 0 Å². The quantitative estimate of drug-likeness (QED) is 0.0346. The minimum absolute atomic E-state index is 0.0317. The molecule has 2 heteroatoms. The summed E-state index contributed by atoms with van der Waals surface area (Å²) in [5.41, 5.74) is 0. The van der Waals surface area contributed by atoms with Gasteiger partial charge in [0.2, 0.25) is 0 Å². The highest BCUT2D eigenvalue weighted by Crippen LogP contribution is 2.18. The van der Waals surface area contributed by atoms with E-state index in [1.807, 2.05) is 0 Å². The highest BCUT2D eigenvalue weighted by atomic mass is 16.5. The fraction of sp³-hybridized carbons (Fsp3) is 0.949. The second-order valence-electron chi connectivity index (χ2n) is 20.0. The Bertz CT molecular complexity index is 803. The summed E-state index contributed by atoms with van der Waals surface area (Å²) in [7, 11) is 0. The average Bonchev–Trinajstić information content (AvgIpc) is 3.27. The summed E-state index contributed by atoms with van der Waals surface area (Å²) in [5.74, 6) is 0.0317. The van der Waals surface area contributed by atoms with Crippen molar-refractivity contribution in [2.45, 2.75) is 354 Å². The first-order valence-corrected chi connectivity index (χ1v) is 29.1. The van der Waals surface area contributed by atoms with Crippen LogP contribution in [0.2, 0.25) is 0 Å².